The van der Waals surface area contributed by atoms with Crippen LogP contribution in [0.2, 0.25) is 0 Å². The molecule has 0 bridgehead atoms. The second-order valence-electron chi connectivity index (χ2n) is 7.25. The lowest BCUT2D eigenvalue weighted by atomic mass is 9.95. The van der Waals surface area contributed by atoms with E-state index in [4.69, 9.17) is 9.47 Å². The van der Waals surface area contributed by atoms with Gasteiger partial charge >= 0.3 is 0 Å². The lowest BCUT2D eigenvalue weighted by Gasteiger charge is -2.33. The van der Waals surface area contributed by atoms with Gasteiger partial charge in [-0.1, -0.05) is 12.1 Å². The summed E-state index contributed by atoms with van der Waals surface area (Å²) in [5.41, 5.74) is 1.10. The van der Waals surface area contributed by atoms with Gasteiger partial charge in [0.2, 0.25) is 5.91 Å². The fourth-order valence-corrected chi connectivity index (χ4v) is 3.39. The zero-order valence-corrected chi connectivity index (χ0v) is 16.7. The molecule has 1 aliphatic rings. The van der Waals surface area contributed by atoms with Gasteiger partial charge in [0.15, 0.2) is 11.5 Å². The molecule has 150 valence electrons. The topological polar surface area (TPSA) is 62.2 Å². The molecule has 0 saturated carbocycles. The van der Waals surface area contributed by atoms with E-state index in [2.05, 4.69) is 11.5 Å². The molecule has 1 aromatic rings. The summed E-state index contributed by atoms with van der Waals surface area (Å²) in [5.74, 6) is 1.58. The lowest BCUT2D eigenvalue weighted by Crippen LogP contribution is -2.43. The molecular formula is C21H32N2O4. The van der Waals surface area contributed by atoms with Crippen LogP contribution in [-0.2, 0) is 11.2 Å². The van der Waals surface area contributed by atoms with E-state index in [0.717, 1.165) is 37.9 Å². The van der Waals surface area contributed by atoms with Crippen molar-refractivity contribution in [3.63, 3.8) is 0 Å². The minimum absolute atomic E-state index is 0.1000. The maximum absolute atomic E-state index is 12.0. The van der Waals surface area contributed by atoms with Crippen molar-refractivity contribution in [1.82, 2.24) is 9.80 Å². The largest absolute Gasteiger partial charge is 0.493 e. The van der Waals surface area contributed by atoms with Crippen LogP contribution in [0.1, 0.15) is 18.4 Å². The molecule has 1 heterocycles. The molecule has 1 aromatic carbocycles. The number of nitrogens with zero attached hydrogens (tertiary/aromatic N) is 2. The molecule has 0 aromatic heterocycles. The van der Waals surface area contributed by atoms with Crippen LogP contribution in [0.25, 0.3) is 0 Å². The molecule has 1 aliphatic heterocycles. The summed E-state index contributed by atoms with van der Waals surface area (Å²) in [5, 5.41) is 10.3. The van der Waals surface area contributed by atoms with Crippen LogP contribution in [0.3, 0.4) is 0 Å². The van der Waals surface area contributed by atoms with E-state index in [1.165, 1.54) is 0 Å². The highest BCUT2D eigenvalue weighted by Crippen LogP contribution is 2.28. The van der Waals surface area contributed by atoms with Gasteiger partial charge in [-0.05, 0) is 50.0 Å². The molecule has 0 radical (unpaired) electrons. The summed E-state index contributed by atoms with van der Waals surface area (Å²) in [6, 6.07) is 5.76. The van der Waals surface area contributed by atoms with Crippen molar-refractivity contribution < 1.29 is 19.4 Å². The van der Waals surface area contributed by atoms with Crippen molar-refractivity contribution in [2.45, 2.75) is 25.4 Å². The molecule has 0 spiro atoms. The molecular weight excluding hydrogens is 344 g/mol. The fourth-order valence-electron chi connectivity index (χ4n) is 3.39. The van der Waals surface area contributed by atoms with Gasteiger partial charge in [-0.15, -0.1) is 6.58 Å². The first-order valence-electron chi connectivity index (χ1n) is 9.46. The third-order valence-corrected chi connectivity index (χ3v) is 4.89. The molecule has 1 saturated heterocycles. The number of amides is 1. The summed E-state index contributed by atoms with van der Waals surface area (Å²) in [6.07, 6.45) is 3.69. The molecule has 2 rings (SSSR count). The van der Waals surface area contributed by atoms with Gasteiger partial charge in [-0.2, -0.15) is 0 Å². The number of hydrogen-bond donors (Lipinski definition) is 1. The Morgan fingerprint density at radius 2 is 2.07 bits per heavy atom. The normalized spacial score (nSPS) is 16.6. The van der Waals surface area contributed by atoms with E-state index in [0.29, 0.717) is 18.0 Å². The van der Waals surface area contributed by atoms with Crippen LogP contribution in [0.15, 0.2) is 30.9 Å². The highest BCUT2D eigenvalue weighted by molar-refractivity contribution is 5.78. The zero-order chi connectivity index (χ0) is 19.8. The second-order valence-corrected chi connectivity index (χ2v) is 7.25. The molecule has 0 aliphatic carbocycles. The number of β-amino-alcohol motifs (C(OH)–C–C–N with tert-alkyl or cyclic N) is 1. The van der Waals surface area contributed by atoms with Gasteiger partial charge in [-0.3, -0.25) is 4.79 Å². The van der Waals surface area contributed by atoms with Gasteiger partial charge in [0.05, 0.1) is 7.11 Å². The standard InChI is InChI=1S/C21H32N2O4/c1-5-6-16-7-8-19(20(13-16)26-4)27-15-18(24)14-23-11-9-17(10-12-23)21(25)22(2)3/h5,7-8,13,17-18,24H,1,6,9-12,14-15H2,2-4H3. The Hall–Kier alpha value is -2.05. The van der Waals surface area contributed by atoms with Gasteiger partial charge < -0.3 is 24.4 Å². The Morgan fingerprint density at radius 1 is 1.37 bits per heavy atom. The van der Waals surface area contributed by atoms with Crippen molar-refractivity contribution >= 4 is 5.91 Å². The number of carbonyl (C=O) groups excluding carboxylic acids is 1. The molecule has 1 amide bonds. The van der Waals surface area contributed by atoms with Crippen molar-refractivity contribution in [2.75, 3.05) is 47.4 Å². The number of aliphatic hydroxyl groups is 1. The highest BCUT2D eigenvalue weighted by Gasteiger charge is 2.27. The van der Waals surface area contributed by atoms with Crippen LogP contribution < -0.4 is 9.47 Å². The Balaban J connectivity index is 1.79. The van der Waals surface area contributed by atoms with E-state index < -0.39 is 6.10 Å². The molecule has 1 atom stereocenters. The number of benzene rings is 1. The first kappa shape index (κ1) is 21.3. The number of hydrogen-bond acceptors (Lipinski definition) is 5. The average molecular weight is 376 g/mol. The van der Waals surface area contributed by atoms with E-state index in [-0.39, 0.29) is 18.4 Å². The number of methoxy groups -OCH3 is 1. The fraction of sp³-hybridized carbons (Fsp3) is 0.571. The molecule has 27 heavy (non-hydrogen) atoms. The SMILES string of the molecule is C=CCc1ccc(OCC(O)CN2CCC(C(=O)N(C)C)CC2)c(OC)c1. The van der Waals surface area contributed by atoms with Crippen molar-refractivity contribution in [1.29, 1.82) is 0 Å². The minimum atomic E-state index is -0.594. The van der Waals surface area contributed by atoms with Gasteiger partial charge in [0.25, 0.3) is 0 Å². The first-order chi connectivity index (χ1) is 12.9. The number of likely N-dealkylation sites (tertiary alicyclic amines) is 1. The number of aliphatic hydroxyl groups excluding tert-OH is 1. The maximum Gasteiger partial charge on any atom is 0.225 e. The monoisotopic (exact) mass is 376 g/mol. The quantitative estimate of drug-likeness (QED) is 0.668. The molecule has 6 heteroatoms. The Kier molecular flexibility index (Phi) is 8.13. The number of piperidine rings is 1. The summed E-state index contributed by atoms with van der Waals surface area (Å²) in [7, 11) is 5.21. The predicted molar refractivity (Wildman–Crippen MR) is 106 cm³/mol. The third-order valence-electron chi connectivity index (χ3n) is 4.89. The summed E-state index contributed by atoms with van der Waals surface area (Å²) in [6.45, 7) is 6.12. The van der Waals surface area contributed by atoms with Crippen LogP contribution in [0.4, 0.5) is 0 Å². The second kappa shape index (κ2) is 10.3. The Morgan fingerprint density at radius 3 is 2.67 bits per heavy atom. The van der Waals surface area contributed by atoms with E-state index in [9.17, 15) is 9.90 Å². The number of rotatable bonds is 9. The Bertz CT molecular complexity index is 625. The summed E-state index contributed by atoms with van der Waals surface area (Å²) < 4.78 is 11.1. The zero-order valence-electron chi connectivity index (χ0n) is 16.7. The van der Waals surface area contributed by atoms with Crippen molar-refractivity contribution in [2.24, 2.45) is 5.92 Å². The summed E-state index contributed by atoms with van der Waals surface area (Å²) in [4.78, 5) is 15.9. The summed E-state index contributed by atoms with van der Waals surface area (Å²) >= 11 is 0. The van der Waals surface area contributed by atoms with E-state index >= 15 is 0 Å². The molecule has 1 unspecified atom stereocenters. The van der Waals surface area contributed by atoms with Crippen LogP contribution in [0, 0.1) is 5.92 Å². The van der Waals surface area contributed by atoms with E-state index in [1.54, 1.807) is 26.1 Å². The van der Waals surface area contributed by atoms with Gasteiger partial charge in [-0.25, -0.2) is 0 Å². The maximum atomic E-state index is 12.0. The third kappa shape index (κ3) is 6.26. The molecule has 1 fully saturated rings. The lowest BCUT2D eigenvalue weighted by molar-refractivity contribution is -0.134. The minimum Gasteiger partial charge on any atom is -0.493 e. The van der Waals surface area contributed by atoms with Crippen molar-refractivity contribution in [3.8, 4) is 11.5 Å². The van der Waals surface area contributed by atoms with Crippen LogP contribution in [0.5, 0.6) is 11.5 Å². The number of allylic oxidation sites excluding steroid dienone is 1. The number of carbonyl (C=O) groups is 1. The van der Waals surface area contributed by atoms with Crippen molar-refractivity contribution in [3.05, 3.63) is 36.4 Å². The first-order valence-corrected chi connectivity index (χ1v) is 9.46. The van der Waals surface area contributed by atoms with Crippen LogP contribution in [-0.4, -0.2) is 74.4 Å². The highest BCUT2D eigenvalue weighted by atomic mass is 16.5. The van der Waals surface area contributed by atoms with Gasteiger partial charge in [0, 0.05) is 26.6 Å². The van der Waals surface area contributed by atoms with Gasteiger partial charge in [0.1, 0.15) is 12.7 Å². The number of ether oxygens (including phenoxy) is 2. The van der Waals surface area contributed by atoms with Crippen LogP contribution >= 0.6 is 0 Å². The van der Waals surface area contributed by atoms with E-state index in [1.807, 2.05) is 24.3 Å². The molecule has 6 nitrogen and oxygen atoms in total. The smallest absolute Gasteiger partial charge is 0.225 e. The average Bonchev–Trinajstić information content (AvgIpc) is 2.67. The molecule has 1 N–H and O–H groups in total. The predicted octanol–water partition coefficient (Wildman–Crippen LogP) is 1.96. The Labute approximate surface area is 162 Å².